The molecule has 0 saturated carbocycles. The van der Waals surface area contributed by atoms with E-state index in [9.17, 15) is 39.5 Å². The first-order valence-corrected chi connectivity index (χ1v) is 3.05. The average molecular weight is 249 g/mol. The lowest BCUT2D eigenvalue weighted by atomic mass is 10.4. The molecule has 1 nitrogen and oxygen atoms in total. The third-order valence-corrected chi connectivity index (χ3v) is 1.04. The van der Waals surface area contributed by atoms with E-state index in [0.29, 0.717) is 0 Å². The van der Waals surface area contributed by atoms with Gasteiger partial charge in [-0.3, -0.25) is 0 Å². The number of alkyl halides is 7. The zero-order valence-corrected chi connectivity index (χ0v) is 6.52. The second-order valence-corrected chi connectivity index (χ2v) is 2.27. The summed E-state index contributed by atoms with van der Waals surface area (Å²) >= 11 is 0. The highest BCUT2D eigenvalue weighted by molar-refractivity contribution is 4.83. The lowest BCUT2D eigenvalue weighted by Crippen LogP contribution is -2.42. The monoisotopic (exact) mass is 249 g/mol. The van der Waals surface area contributed by atoms with Gasteiger partial charge < -0.3 is 4.74 Å². The summed E-state index contributed by atoms with van der Waals surface area (Å²) in [4.78, 5) is 0. The Morgan fingerprint density at radius 1 is 0.867 bits per heavy atom. The Morgan fingerprint density at radius 3 is 1.53 bits per heavy atom. The van der Waals surface area contributed by atoms with Crippen LogP contribution in [0.15, 0.2) is 0 Å². The van der Waals surface area contributed by atoms with Crippen LogP contribution in [0.5, 0.6) is 0 Å². The number of ether oxygens (including phenoxy) is 1. The lowest BCUT2D eigenvalue weighted by molar-refractivity contribution is -0.400. The quantitative estimate of drug-likeness (QED) is 0.695. The molecule has 0 fully saturated rings. The Hall–Kier alpha value is -0.670. The van der Waals surface area contributed by atoms with Gasteiger partial charge in [-0.2, -0.15) is 39.5 Å². The van der Waals surface area contributed by atoms with Crippen LogP contribution in [0.3, 0.4) is 0 Å². The van der Waals surface area contributed by atoms with E-state index in [1.165, 1.54) is 0 Å². The van der Waals surface area contributed by atoms with E-state index in [2.05, 4.69) is 4.74 Å². The predicted octanol–water partition coefficient (Wildman–Crippen LogP) is 3.22. The molecule has 0 unspecified atom stereocenters. The number of hydrogen-bond acceptors (Lipinski definition) is 1. The van der Waals surface area contributed by atoms with Gasteiger partial charge in [-0.1, -0.05) is 0 Å². The van der Waals surface area contributed by atoms with Gasteiger partial charge in [0, 0.05) is 0 Å². The molecule has 10 heteroatoms. The minimum absolute atomic E-state index is 2.41. The molecule has 0 aromatic heterocycles. The van der Waals surface area contributed by atoms with Crippen molar-refractivity contribution >= 4 is 0 Å². The maximum absolute atomic E-state index is 11.9. The summed E-state index contributed by atoms with van der Waals surface area (Å²) in [5.74, 6) is -5.14. The fourth-order valence-electron chi connectivity index (χ4n) is 0.318. The molecule has 0 rings (SSSR count). The van der Waals surface area contributed by atoms with Gasteiger partial charge in [0.15, 0.2) is 0 Å². The first-order chi connectivity index (χ1) is 6.40. The second kappa shape index (κ2) is 4.06. The molecule has 1 radical (unpaired) electrons. The van der Waals surface area contributed by atoms with Gasteiger partial charge in [-0.05, 0) is 0 Å². The van der Waals surface area contributed by atoms with Crippen LogP contribution in [-0.2, 0) is 4.74 Å². The lowest BCUT2D eigenvalue weighted by Gasteiger charge is -2.22. The van der Waals surface area contributed by atoms with Gasteiger partial charge >= 0.3 is 24.6 Å². The van der Waals surface area contributed by atoms with Gasteiger partial charge in [0.1, 0.15) is 6.61 Å². The molecule has 0 atom stereocenters. The van der Waals surface area contributed by atoms with Crippen molar-refractivity contribution < 1.29 is 44.3 Å². The fourth-order valence-corrected chi connectivity index (χ4v) is 0.318. The average Bonchev–Trinajstić information content (AvgIpc) is 1.99. The van der Waals surface area contributed by atoms with Crippen molar-refractivity contribution in [2.45, 2.75) is 18.2 Å². The van der Waals surface area contributed by atoms with Gasteiger partial charge in [-0.25, -0.2) is 0 Å². The van der Waals surface area contributed by atoms with E-state index < -0.39 is 31.2 Å². The fraction of sp³-hybridized carbons (Fsp3) is 0.800. The van der Waals surface area contributed by atoms with Crippen LogP contribution in [0.4, 0.5) is 39.5 Å². The van der Waals surface area contributed by atoms with E-state index in [0.717, 1.165) is 0 Å². The van der Waals surface area contributed by atoms with Crippen molar-refractivity contribution in [3.8, 4) is 0 Å². The molecule has 0 heterocycles. The van der Waals surface area contributed by atoms with E-state index in [4.69, 9.17) is 0 Å². The first-order valence-electron chi connectivity index (χ1n) is 3.05. The molecule has 0 amide bonds. The Morgan fingerprint density at radius 2 is 1.27 bits per heavy atom. The molecular formula is C5H2F9O. The minimum atomic E-state index is -6.24. The van der Waals surface area contributed by atoms with Crippen LogP contribution >= 0.6 is 0 Å². The summed E-state index contributed by atoms with van der Waals surface area (Å²) < 4.78 is 106. The Balaban J connectivity index is 4.40. The Kier molecular flexibility index (Phi) is 3.88. The Bertz CT molecular complexity index is 207. The number of halogens is 9. The van der Waals surface area contributed by atoms with Crippen LogP contribution in [-0.4, -0.2) is 24.8 Å². The van der Waals surface area contributed by atoms with Crippen LogP contribution in [0, 0.1) is 6.43 Å². The SMILES string of the molecule is F[C](F)C(F)(F)COC(F)(F)C(F)(F)F. The van der Waals surface area contributed by atoms with Crippen molar-refractivity contribution in [2.24, 2.45) is 0 Å². The first kappa shape index (κ1) is 14.3. The molecule has 0 aliphatic carbocycles. The number of hydrogen-bond donors (Lipinski definition) is 0. The van der Waals surface area contributed by atoms with Gasteiger partial charge in [0.2, 0.25) is 0 Å². The molecule has 0 aliphatic rings. The van der Waals surface area contributed by atoms with Gasteiger partial charge in [0.25, 0.3) is 0 Å². The summed E-state index contributed by atoms with van der Waals surface area (Å²) in [6, 6.07) is 0. The third-order valence-electron chi connectivity index (χ3n) is 1.04. The van der Waals surface area contributed by atoms with Crippen molar-refractivity contribution in [1.82, 2.24) is 0 Å². The van der Waals surface area contributed by atoms with Gasteiger partial charge in [-0.15, -0.1) is 0 Å². The molecule has 0 N–H and O–H groups in total. The highest BCUT2D eigenvalue weighted by atomic mass is 19.4. The summed E-state index contributed by atoms with van der Waals surface area (Å²) in [5.41, 5.74) is 0. The van der Waals surface area contributed by atoms with Crippen molar-refractivity contribution in [2.75, 3.05) is 6.61 Å². The molecule has 0 spiro atoms. The topological polar surface area (TPSA) is 9.23 Å². The molecule has 0 aromatic carbocycles. The Labute approximate surface area is 76.8 Å². The largest absolute Gasteiger partial charge is 0.482 e. The molecule has 91 valence electrons. The van der Waals surface area contributed by atoms with E-state index in [1.807, 2.05) is 0 Å². The summed E-state index contributed by atoms with van der Waals surface area (Å²) in [6.45, 7) is -2.76. The minimum Gasteiger partial charge on any atom is -0.307 e. The van der Waals surface area contributed by atoms with Crippen LogP contribution in [0.25, 0.3) is 0 Å². The van der Waals surface area contributed by atoms with Crippen molar-refractivity contribution in [3.63, 3.8) is 0 Å². The standard InChI is InChI=1S/C5H2F9O/c6-2(7)3(8,9)1-15-5(13,14)4(10,11)12/h1H2. The molecule has 0 aromatic rings. The second-order valence-electron chi connectivity index (χ2n) is 2.27. The smallest absolute Gasteiger partial charge is 0.307 e. The van der Waals surface area contributed by atoms with E-state index >= 15 is 0 Å². The molecule has 0 bridgehead atoms. The zero-order chi connectivity index (χ0) is 12.5. The maximum Gasteiger partial charge on any atom is 0.482 e. The van der Waals surface area contributed by atoms with Crippen molar-refractivity contribution in [1.29, 1.82) is 0 Å². The summed E-state index contributed by atoms with van der Waals surface area (Å²) in [7, 11) is 0. The molecular weight excluding hydrogens is 247 g/mol. The highest BCUT2D eigenvalue weighted by Crippen LogP contribution is 2.38. The van der Waals surface area contributed by atoms with Gasteiger partial charge in [0.05, 0.1) is 0 Å². The summed E-state index contributed by atoms with van der Waals surface area (Å²) in [6.07, 6.45) is -15.7. The predicted molar refractivity (Wildman–Crippen MR) is 27.4 cm³/mol. The maximum atomic E-state index is 11.9. The normalized spacial score (nSPS) is 14.8. The molecule has 15 heavy (non-hydrogen) atoms. The highest BCUT2D eigenvalue weighted by Gasteiger charge is 2.61. The number of rotatable bonds is 4. The van der Waals surface area contributed by atoms with Crippen molar-refractivity contribution in [3.05, 3.63) is 6.43 Å². The molecule has 0 aliphatic heterocycles. The zero-order valence-electron chi connectivity index (χ0n) is 6.52. The van der Waals surface area contributed by atoms with Crippen LogP contribution in [0.1, 0.15) is 0 Å². The van der Waals surface area contributed by atoms with Crippen LogP contribution < -0.4 is 0 Å². The van der Waals surface area contributed by atoms with E-state index in [-0.39, 0.29) is 0 Å². The molecule has 0 saturated heterocycles. The van der Waals surface area contributed by atoms with Crippen LogP contribution in [0.2, 0.25) is 0 Å². The summed E-state index contributed by atoms with van der Waals surface area (Å²) in [5, 5.41) is 0. The van der Waals surface area contributed by atoms with E-state index in [1.54, 1.807) is 0 Å². The third kappa shape index (κ3) is 3.76.